The van der Waals surface area contributed by atoms with Crippen molar-refractivity contribution in [3.63, 3.8) is 0 Å². The van der Waals surface area contributed by atoms with Gasteiger partial charge in [0.05, 0.1) is 6.61 Å². The van der Waals surface area contributed by atoms with Crippen molar-refractivity contribution in [3.05, 3.63) is 34.9 Å². The number of carbonyl (C=O) groups excluding carboxylic acids is 6. The number of benzene rings is 1. The van der Waals surface area contributed by atoms with E-state index in [2.05, 4.69) is 75.8 Å². The average Bonchev–Trinajstić information content (AvgIpc) is 0.847. The monoisotopic (exact) mass is 1380 g/mol. The summed E-state index contributed by atoms with van der Waals surface area (Å²) in [4.78, 5) is 82.7. The van der Waals surface area contributed by atoms with Gasteiger partial charge in [-0.05, 0) is 204 Å². The minimum atomic E-state index is -0.285. The highest BCUT2D eigenvalue weighted by Gasteiger charge is 2.19. The van der Waals surface area contributed by atoms with Gasteiger partial charge in [-0.15, -0.1) is 0 Å². The zero-order chi connectivity index (χ0) is 71.7. The molecule has 98 heavy (non-hydrogen) atoms. The number of esters is 4. The fourth-order valence-electron chi connectivity index (χ4n) is 13.0. The highest BCUT2D eigenvalue weighted by molar-refractivity contribution is 6.00. The third-order valence-electron chi connectivity index (χ3n) is 19.5. The van der Waals surface area contributed by atoms with Gasteiger partial charge in [0.25, 0.3) is 11.8 Å². The lowest BCUT2D eigenvalue weighted by Gasteiger charge is -2.22. The number of hydrogen-bond acceptors (Lipinski definition) is 13. The smallest absolute Gasteiger partial charge is 0.306 e. The maximum atomic E-state index is 13.7. The van der Waals surface area contributed by atoms with Crippen LogP contribution < -0.4 is 10.6 Å². The molecule has 3 N–H and O–H groups in total. The van der Waals surface area contributed by atoms with Crippen molar-refractivity contribution < 1.29 is 52.8 Å². The van der Waals surface area contributed by atoms with Crippen molar-refractivity contribution in [2.24, 2.45) is 0 Å². The third kappa shape index (κ3) is 52.8. The van der Waals surface area contributed by atoms with Crippen LogP contribution in [0.4, 0.5) is 0 Å². The van der Waals surface area contributed by atoms with Gasteiger partial charge in [0.15, 0.2) is 0 Å². The summed E-state index contributed by atoms with van der Waals surface area (Å²) in [6.07, 6.45) is 50.5. The molecule has 0 radical (unpaired) electrons. The van der Waals surface area contributed by atoms with Gasteiger partial charge in [-0.3, -0.25) is 28.8 Å². The molecule has 15 heteroatoms. The number of hydrogen-bond donors (Lipinski definition) is 3. The molecule has 2 amide bonds. The summed E-state index contributed by atoms with van der Waals surface area (Å²) in [6.45, 7) is 23.6. The second-order valence-electron chi connectivity index (χ2n) is 28.5. The Bertz CT molecular complexity index is 1860. The zero-order valence-electron chi connectivity index (χ0n) is 64.7. The molecule has 0 bridgehead atoms. The van der Waals surface area contributed by atoms with Gasteiger partial charge >= 0.3 is 23.9 Å². The summed E-state index contributed by atoms with van der Waals surface area (Å²) in [5.41, 5.74) is 1.24. The van der Waals surface area contributed by atoms with Gasteiger partial charge in [0.2, 0.25) is 0 Å². The number of nitrogens with zero attached hydrogens (tertiary/aromatic N) is 2. The van der Waals surface area contributed by atoms with Crippen molar-refractivity contribution >= 4 is 35.7 Å². The summed E-state index contributed by atoms with van der Waals surface area (Å²) >= 11 is 0. The van der Waals surface area contributed by atoms with Crippen LogP contribution in [-0.2, 0) is 44.7 Å². The van der Waals surface area contributed by atoms with Gasteiger partial charge in [-0.25, -0.2) is 0 Å². The molecule has 4 unspecified atom stereocenters. The Labute approximate surface area is 600 Å². The van der Waals surface area contributed by atoms with E-state index in [-0.39, 0.29) is 66.7 Å². The number of aliphatic hydroxyl groups excluding tert-OH is 1. The molecule has 0 heterocycles. The van der Waals surface area contributed by atoms with E-state index < -0.39 is 0 Å². The molecular formula is C83H152N4O11. The van der Waals surface area contributed by atoms with Crippen LogP contribution in [0.2, 0.25) is 0 Å². The van der Waals surface area contributed by atoms with E-state index >= 15 is 0 Å². The van der Waals surface area contributed by atoms with E-state index in [0.717, 1.165) is 283 Å². The average molecular weight is 1380 g/mol. The number of ether oxygens (including phenoxy) is 4. The molecule has 0 aliphatic rings. The molecule has 4 atom stereocenters. The molecular weight excluding hydrogens is 1230 g/mol. The summed E-state index contributed by atoms with van der Waals surface area (Å²) in [5, 5.41) is 16.5. The predicted molar refractivity (Wildman–Crippen MR) is 406 cm³/mol. The fourth-order valence-corrected chi connectivity index (χ4v) is 13.0. The Hall–Kier alpha value is -4.08. The van der Waals surface area contributed by atoms with E-state index in [4.69, 9.17) is 18.9 Å². The summed E-state index contributed by atoms with van der Waals surface area (Å²) < 4.78 is 23.1. The summed E-state index contributed by atoms with van der Waals surface area (Å²) in [6, 6.07) is 4.98. The largest absolute Gasteiger partial charge is 0.462 e. The van der Waals surface area contributed by atoms with Crippen LogP contribution in [0.3, 0.4) is 0 Å². The van der Waals surface area contributed by atoms with Gasteiger partial charge in [0, 0.05) is 49.9 Å². The number of unbranched alkanes of at least 4 members (excludes halogenated alkanes) is 28. The van der Waals surface area contributed by atoms with Crippen LogP contribution in [0.1, 0.15) is 403 Å². The first-order valence-corrected chi connectivity index (χ1v) is 41.3. The van der Waals surface area contributed by atoms with Crippen molar-refractivity contribution in [1.82, 2.24) is 20.4 Å². The third-order valence-corrected chi connectivity index (χ3v) is 19.5. The number of rotatable bonds is 71. The molecule has 0 fully saturated rings. The predicted octanol–water partition coefficient (Wildman–Crippen LogP) is 20.6. The minimum Gasteiger partial charge on any atom is -0.462 e. The quantitative estimate of drug-likeness (QED) is 0.0318. The molecule has 15 nitrogen and oxygen atoms in total. The topological polar surface area (TPSA) is 190 Å². The molecule has 0 saturated carbocycles. The SMILES string of the molecule is CCCCCC(CC)OC(=O)CCCCCCCCN(CCCCCCCCC(=O)OC(CC)CCCCC)CCCNC(=O)c1cc(CO)cc(C(=O)NCCCN(CCCCCCCCC(=O)OC(CC)CCCCC)CCCCCCCCC(=O)OC(CC)CCCCC)c1. The highest BCUT2D eigenvalue weighted by atomic mass is 16.6. The Balaban J connectivity index is 2.81. The van der Waals surface area contributed by atoms with Crippen molar-refractivity contribution in [2.75, 3.05) is 52.4 Å². The lowest BCUT2D eigenvalue weighted by Crippen LogP contribution is -2.32. The van der Waals surface area contributed by atoms with Crippen LogP contribution in [0.25, 0.3) is 0 Å². The van der Waals surface area contributed by atoms with E-state index in [9.17, 15) is 33.9 Å². The highest BCUT2D eigenvalue weighted by Crippen LogP contribution is 2.20. The molecule has 0 aromatic heterocycles. The second-order valence-corrected chi connectivity index (χ2v) is 28.5. The second kappa shape index (κ2) is 66.2. The molecule has 1 aromatic carbocycles. The Morgan fingerprint density at radius 3 is 0.786 bits per heavy atom. The first-order valence-electron chi connectivity index (χ1n) is 41.3. The number of aliphatic hydroxyl groups is 1. The van der Waals surface area contributed by atoms with E-state index in [1.54, 1.807) is 18.2 Å². The summed E-state index contributed by atoms with van der Waals surface area (Å²) in [7, 11) is 0. The molecule has 0 spiro atoms. The number of carbonyl (C=O) groups is 6. The maximum Gasteiger partial charge on any atom is 0.306 e. The summed E-state index contributed by atoms with van der Waals surface area (Å²) in [5.74, 6) is -0.731. The number of nitrogens with one attached hydrogen (secondary N) is 2. The minimum absolute atomic E-state index is 0.0474. The van der Waals surface area contributed by atoms with Crippen LogP contribution in [0.15, 0.2) is 18.2 Å². The van der Waals surface area contributed by atoms with Gasteiger partial charge < -0.3 is 44.5 Å². The van der Waals surface area contributed by atoms with Gasteiger partial charge in [-0.2, -0.15) is 0 Å². The lowest BCUT2D eigenvalue weighted by molar-refractivity contribution is -0.150. The van der Waals surface area contributed by atoms with Crippen LogP contribution in [-0.4, -0.2) is 127 Å². The van der Waals surface area contributed by atoms with Crippen LogP contribution >= 0.6 is 0 Å². The molecule has 0 aliphatic carbocycles. The van der Waals surface area contributed by atoms with Gasteiger partial charge in [-0.1, -0.05) is 209 Å². The Morgan fingerprint density at radius 1 is 0.316 bits per heavy atom. The standard InChI is InChI=1S/C83H152N4O11/c1-9-17-37-51-74(13-5)95-78(89)55-41-29-21-25-33-45-61-86(62-46-34-26-22-30-42-56-79(90)96-75(14-6)52-38-18-10-2)65-49-59-84-82(93)72-67-71(70-88)68-73(69-72)83(94)85-60-50-66-87(63-47-35-27-23-31-43-57-80(91)97-76(15-7)53-39-19-11-3)64-48-36-28-24-32-44-58-81(92)98-77(16-8)54-40-20-12-4/h67-69,74-77,88H,9-66,70H2,1-8H3,(H,84,93)(H,85,94). The first kappa shape index (κ1) is 91.9. The van der Waals surface area contributed by atoms with Crippen molar-refractivity contribution in [1.29, 1.82) is 0 Å². The molecule has 570 valence electrons. The molecule has 0 saturated heterocycles. The van der Waals surface area contributed by atoms with E-state index in [0.29, 0.717) is 55.5 Å². The molecule has 1 aromatic rings. The van der Waals surface area contributed by atoms with Crippen molar-refractivity contribution in [3.8, 4) is 0 Å². The molecule has 1 rings (SSSR count). The first-order chi connectivity index (χ1) is 47.8. The van der Waals surface area contributed by atoms with E-state index in [1.807, 2.05) is 0 Å². The fraction of sp³-hybridized carbons (Fsp3) is 0.855. The Morgan fingerprint density at radius 2 is 0.551 bits per heavy atom. The number of amides is 2. The maximum absolute atomic E-state index is 13.7. The zero-order valence-corrected chi connectivity index (χ0v) is 64.7. The Kier molecular flexibility index (Phi) is 62.1. The molecule has 0 aliphatic heterocycles. The van der Waals surface area contributed by atoms with E-state index in [1.165, 1.54) is 51.4 Å². The van der Waals surface area contributed by atoms with Crippen LogP contribution in [0.5, 0.6) is 0 Å². The van der Waals surface area contributed by atoms with Gasteiger partial charge in [0.1, 0.15) is 24.4 Å². The normalized spacial score (nSPS) is 12.8. The van der Waals surface area contributed by atoms with Crippen molar-refractivity contribution in [2.45, 2.75) is 407 Å². The van der Waals surface area contributed by atoms with Crippen LogP contribution in [0, 0.1) is 0 Å². The lowest BCUT2D eigenvalue weighted by atomic mass is 10.0.